The van der Waals surface area contributed by atoms with Crippen molar-refractivity contribution in [3.63, 3.8) is 0 Å². The molecule has 2 aromatic heterocycles. The maximum absolute atomic E-state index is 12.7. The molecule has 1 N–H and O–H groups in total. The molecule has 8 heteroatoms. The maximum Gasteiger partial charge on any atom is 0.324 e. The first-order valence-corrected chi connectivity index (χ1v) is 5.12. The van der Waals surface area contributed by atoms with Gasteiger partial charge in [-0.15, -0.1) is 5.10 Å². The number of alkyl halides is 4. The summed E-state index contributed by atoms with van der Waals surface area (Å²) in [5, 5.41) is 5.96. The molecular formula is C10H10F4N4. The van der Waals surface area contributed by atoms with Crippen molar-refractivity contribution in [1.82, 2.24) is 14.6 Å². The summed E-state index contributed by atoms with van der Waals surface area (Å²) < 4.78 is 50.7. The lowest BCUT2D eigenvalue weighted by molar-refractivity contribution is -0.117. The van der Waals surface area contributed by atoms with E-state index in [1.807, 2.05) is 0 Å². The van der Waals surface area contributed by atoms with E-state index in [2.05, 4.69) is 15.4 Å². The predicted molar refractivity (Wildman–Crippen MR) is 57.2 cm³/mol. The molecule has 2 aromatic rings. The third-order valence-electron chi connectivity index (χ3n) is 2.36. The summed E-state index contributed by atoms with van der Waals surface area (Å²) in [7, 11) is 0. The van der Waals surface area contributed by atoms with Gasteiger partial charge in [0.05, 0.1) is 6.54 Å². The zero-order valence-electron chi connectivity index (χ0n) is 9.37. The van der Waals surface area contributed by atoms with Gasteiger partial charge in [0.15, 0.2) is 5.65 Å². The third-order valence-corrected chi connectivity index (χ3v) is 2.36. The summed E-state index contributed by atoms with van der Waals surface area (Å²) in [6, 6.07) is 3.50. The van der Waals surface area contributed by atoms with Gasteiger partial charge in [0.2, 0.25) is 5.95 Å². The van der Waals surface area contributed by atoms with Gasteiger partial charge in [0.25, 0.3) is 0 Å². The molecule has 0 spiro atoms. The van der Waals surface area contributed by atoms with Crippen molar-refractivity contribution in [3.05, 3.63) is 23.9 Å². The average Bonchev–Trinajstić information content (AvgIpc) is 2.71. The van der Waals surface area contributed by atoms with Crippen molar-refractivity contribution in [1.29, 1.82) is 0 Å². The minimum Gasteiger partial charge on any atom is -0.347 e. The van der Waals surface area contributed by atoms with Crippen LogP contribution in [0.15, 0.2) is 18.3 Å². The second-order valence-electron chi connectivity index (χ2n) is 3.81. The van der Waals surface area contributed by atoms with Crippen LogP contribution in [-0.4, -0.2) is 33.5 Å². The third kappa shape index (κ3) is 2.36. The number of rotatable bonds is 4. The van der Waals surface area contributed by atoms with Crippen LogP contribution in [0, 0.1) is 6.92 Å². The average molecular weight is 262 g/mol. The van der Waals surface area contributed by atoms with Crippen molar-refractivity contribution in [2.75, 3.05) is 11.9 Å². The van der Waals surface area contributed by atoms with Crippen LogP contribution in [0.3, 0.4) is 0 Å². The molecule has 0 bridgehead atoms. The summed E-state index contributed by atoms with van der Waals surface area (Å²) >= 11 is 0. The highest BCUT2D eigenvalue weighted by Gasteiger charge is 2.40. The van der Waals surface area contributed by atoms with Crippen LogP contribution in [0.2, 0.25) is 0 Å². The zero-order valence-corrected chi connectivity index (χ0v) is 9.37. The van der Waals surface area contributed by atoms with Gasteiger partial charge in [-0.2, -0.15) is 13.8 Å². The van der Waals surface area contributed by atoms with E-state index in [1.165, 1.54) is 4.52 Å². The molecule has 4 nitrogen and oxygen atoms in total. The van der Waals surface area contributed by atoms with Gasteiger partial charge < -0.3 is 5.32 Å². The van der Waals surface area contributed by atoms with Crippen LogP contribution in [0.5, 0.6) is 0 Å². The lowest BCUT2D eigenvalue weighted by Crippen LogP contribution is -2.35. The Morgan fingerprint density at radius 1 is 1.44 bits per heavy atom. The Kier molecular flexibility index (Phi) is 3.10. The Morgan fingerprint density at radius 2 is 2.17 bits per heavy atom. The molecule has 0 aliphatic heterocycles. The smallest absolute Gasteiger partial charge is 0.324 e. The molecule has 0 aromatic carbocycles. The fraction of sp³-hybridized carbons (Fsp3) is 0.400. The number of anilines is 1. The second kappa shape index (κ2) is 4.43. The monoisotopic (exact) mass is 262 g/mol. The number of aryl methyl sites for hydroxylation is 1. The zero-order chi connectivity index (χ0) is 13.3. The quantitative estimate of drug-likeness (QED) is 0.860. The number of hydrogen-bond acceptors (Lipinski definition) is 3. The molecule has 2 rings (SSSR count). The van der Waals surface area contributed by atoms with Crippen LogP contribution in [0.25, 0.3) is 5.65 Å². The Labute approximate surface area is 99.6 Å². The van der Waals surface area contributed by atoms with Gasteiger partial charge in [0, 0.05) is 6.20 Å². The molecule has 0 atom stereocenters. The SMILES string of the molecule is Cc1cccn2nc(NCC(F)(F)C(F)F)nc12. The molecule has 0 aliphatic carbocycles. The Morgan fingerprint density at radius 3 is 2.78 bits per heavy atom. The van der Waals surface area contributed by atoms with E-state index >= 15 is 0 Å². The van der Waals surface area contributed by atoms with Crippen molar-refractivity contribution >= 4 is 11.6 Å². The number of nitrogens with zero attached hydrogens (tertiary/aromatic N) is 3. The van der Waals surface area contributed by atoms with Crippen LogP contribution < -0.4 is 5.32 Å². The van der Waals surface area contributed by atoms with E-state index in [1.54, 1.807) is 25.3 Å². The number of halogens is 4. The lowest BCUT2D eigenvalue weighted by atomic mass is 10.3. The van der Waals surface area contributed by atoms with Crippen molar-refractivity contribution in [2.45, 2.75) is 19.3 Å². The standard InChI is InChI=1S/C10H10F4N4/c1-6-3-2-4-18-7(6)16-9(17-18)15-5-10(13,14)8(11)12/h2-4,8H,5H2,1H3,(H,15,17). The van der Waals surface area contributed by atoms with Gasteiger partial charge in [-0.25, -0.2) is 13.3 Å². The first-order chi connectivity index (χ1) is 8.40. The first-order valence-electron chi connectivity index (χ1n) is 5.12. The highest BCUT2D eigenvalue weighted by Crippen LogP contribution is 2.22. The molecule has 0 unspecified atom stereocenters. The Hall–Kier alpha value is -1.86. The molecule has 0 amide bonds. The molecule has 0 saturated carbocycles. The summed E-state index contributed by atoms with van der Waals surface area (Å²) in [5.41, 5.74) is 1.29. The fourth-order valence-corrected chi connectivity index (χ4v) is 1.39. The highest BCUT2D eigenvalue weighted by atomic mass is 19.3. The van der Waals surface area contributed by atoms with E-state index in [0.717, 1.165) is 5.56 Å². The van der Waals surface area contributed by atoms with Gasteiger partial charge in [0.1, 0.15) is 0 Å². The maximum atomic E-state index is 12.7. The van der Waals surface area contributed by atoms with Crippen LogP contribution in [0.4, 0.5) is 23.5 Å². The minimum atomic E-state index is -4.10. The predicted octanol–water partition coefficient (Wildman–Crippen LogP) is 2.35. The summed E-state index contributed by atoms with van der Waals surface area (Å²) in [6.45, 7) is 0.572. The lowest BCUT2D eigenvalue weighted by Gasteiger charge is -2.14. The van der Waals surface area contributed by atoms with Crippen molar-refractivity contribution < 1.29 is 17.6 Å². The van der Waals surface area contributed by atoms with Crippen LogP contribution in [-0.2, 0) is 0 Å². The van der Waals surface area contributed by atoms with Crippen LogP contribution >= 0.6 is 0 Å². The van der Waals surface area contributed by atoms with E-state index < -0.39 is 18.9 Å². The van der Waals surface area contributed by atoms with Crippen LogP contribution in [0.1, 0.15) is 5.56 Å². The summed E-state index contributed by atoms with van der Waals surface area (Å²) in [4.78, 5) is 3.94. The van der Waals surface area contributed by atoms with Gasteiger partial charge >= 0.3 is 12.3 Å². The van der Waals surface area contributed by atoms with Gasteiger partial charge in [-0.1, -0.05) is 6.07 Å². The molecule has 98 valence electrons. The number of nitrogens with one attached hydrogen (secondary N) is 1. The number of aromatic nitrogens is 3. The molecule has 0 saturated heterocycles. The second-order valence-corrected chi connectivity index (χ2v) is 3.81. The van der Waals surface area contributed by atoms with Crippen molar-refractivity contribution in [2.24, 2.45) is 0 Å². The number of pyridine rings is 1. The van der Waals surface area contributed by atoms with E-state index in [0.29, 0.717) is 5.65 Å². The summed E-state index contributed by atoms with van der Waals surface area (Å²) in [6.07, 6.45) is -2.13. The van der Waals surface area contributed by atoms with E-state index in [4.69, 9.17) is 0 Å². The van der Waals surface area contributed by atoms with E-state index in [9.17, 15) is 17.6 Å². The topological polar surface area (TPSA) is 42.2 Å². The molecule has 0 fully saturated rings. The van der Waals surface area contributed by atoms with Crippen molar-refractivity contribution in [3.8, 4) is 0 Å². The van der Waals surface area contributed by atoms with Gasteiger partial charge in [-0.05, 0) is 18.6 Å². The molecule has 0 aliphatic rings. The normalized spacial score (nSPS) is 12.3. The molecular weight excluding hydrogens is 252 g/mol. The van der Waals surface area contributed by atoms with E-state index in [-0.39, 0.29) is 5.95 Å². The molecule has 2 heterocycles. The fourth-order valence-electron chi connectivity index (χ4n) is 1.39. The number of hydrogen-bond donors (Lipinski definition) is 1. The first kappa shape index (κ1) is 12.6. The molecule has 0 radical (unpaired) electrons. The summed E-state index contributed by atoms with van der Waals surface area (Å²) in [5.74, 6) is -4.21. The highest BCUT2D eigenvalue weighted by molar-refractivity contribution is 5.49. The Bertz CT molecular complexity index is 552. The Balaban J connectivity index is 2.16. The van der Waals surface area contributed by atoms with Gasteiger partial charge in [-0.3, -0.25) is 0 Å². The molecule has 18 heavy (non-hydrogen) atoms. The number of fused-ring (bicyclic) bond motifs is 1. The minimum absolute atomic E-state index is 0.107. The largest absolute Gasteiger partial charge is 0.347 e.